The molecule has 2 atom stereocenters. The lowest BCUT2D eigenvalue weighted by Crippen LogP contribution is -2.29. The maximum absolute atomic E-state index is 5.24. The van der Waals surface area contributed by atoms with E-state index in [1.807, 2.05) is 7.05 Å². The number of nitrogens with one attached hydrogen (secondary N) is 1. The summed E-state index contributed by atoms with van der Waals surface area (Å²) in [7, 11) is 3.72. The molecule has 1 heterocycles. The molecule has 3 heteroatoms. The highest BCUT2D eigenvalue weighted by molar-refractivity contribution is 4.82. The lowest BCUT2D eigenvalue weighted by molar-refractivity contribution is 0.0835. The summed E-state index contributed by atoms with van der Waals surface area (Å²) in [5.74, 6) is 0.593. The lowest BCUT2D eigenvalue weighted by Gasteiger charge is -2.15. The molecular formula is C7H15N2O. The Morgan fingerprint density at radius 2 is 2.40 bits per heavy atom. The molecule has 10 heavy (non-hydrogen) atoms. The van der Waals surface area contributed by atoms with Crippen molar-refractivity contribution >= 4 is 0 Å². The van der Waals surface area contributed by atoms with Gasteiger partial charge in [-0.05, 0) is 7.05 Å². The Morgan fingerprint density at radius 3 is 3.00 bits per heavy atom. The van der Waals surface area contributed by atoms with Gasteiger partial charge in [0.05, 0.1) is 6.10 Å². The van der Waals surface area contributed by atoms with Crippen LogP contribution in [0.4, 0.5) is 0 Å². The highest BCUT2D eigenvalue weighted by atomic mass is 16.5. The molecule has 1 radical (unpaired) electrons. The minimum absolute atomic E-state index is 0.354. The van der Waals surface area contributed by atoms with Crippen LogP contribution in [0.1, 0.15) is 0 Å². The number of methoxy groups -OCH3 is 1. The Labute approximate surface area is 62.1 Å². The third-order valence-corrected chi connectivity index (χ3v) is 1.97. The number of nitrogens with zero attached hydrogens (tertiary/aromatic N) is 1. The predicted octanol–water partition coefficient (Wildman–Crippen LogP) is -0.545. The Hall–Kier alpha value is -0.120. The van der Waals surface area contributed by atoms with Crippen LogP contribution in [-0.2, 0) is 4.74 Å². The first-order chi connectivity index (χ1) is 4.88. The summed E-state index contributed by atoms with van der Waals surface area (Å²) in [6.07, 6.45) is 0.354. The Morgan fingerprint density at radius 1 is 1.60 bits per heavy atom. The summed E-state index contributed by atoms with van der Waals surface area (Å²) in [5.41, 5.74) is 0. The van der Waals surface area contributed by atoms with Crippen molar-refractivity contribution < 1.29 is 4.74 Å². The van der Waals surface area contributed by atoms with Crippen LogP contribution in [0, 0.1) is 5.92 Å². The molecule has 1 rings (SSSR count). The second kappa shape index (κ2) is 3.91. The molecule has 0 aromatic heterocycles. The third kappa shape index (κ3) is 1.68. The second-order valence-corrected chi connectivity index (χ2v) is 2.68. The van der Waals surface area contributed by atoms with Crippen molar-refractivity contribution in [2.75, 3.05) is 33.8 Å². The molecule has 59 valence electrons. The number of hydrogen-bond donors (Lipinski definition) is 1. The van der Waals surface area contributed by atoms with Crippen molar-refractivity contribution in [3.05, 3.63) is 0 Å². The Bertz CT molecular complexity index is 97.6. The lowest BCUT2D eigenvalue weighted by atomic mass is 10.1. The summed E-state index contributed by atoms with van der Waals surface area (Å²) in [5, 5.41) is 7.40. The number of ether oxygens (including phenoxy) is 1. The van der Waals surface area contributed by atoms with Crippen molar-refractivity contribution in [2.45, 2.75) is 6.10 Å². The van der Waals surface area contributed by atoms with E-state index in [0.717, 1.165) is 19.6 Å². The Kier molecular flexibility index (Phi) is 3.12. The summed E-state index contributed by atoms with van der Waals surface area (Å²) in [4.78, 5) is 0. The molecular weight excluding hydrogens is 128 g/mol. The van der Waals surface area contributed by atoms with Crippen LogP contribution < -0.4 is 10.6 Å². The van der Waals surface area contributed by atoms with E-state index in [9.17, 15) is 0 Å². The summed E-state index contributed by atoms with van der Waals surface area (Å²) >= 11 is 0. The first-order valence-corrected chi connectivity index (χ1v) is 3.69. The smallest absolute Gasteiger partial charge is 0.0765 e. The maximum Gasteiger partial charge on any atom is 0.0765 e. The minimum atomic E-state index is 0.354. The van der Waals surface area contributed by atoms with E-state index in [0.29, 0.717) is 12.0 Å². The zero-order valence-corrected chi connectivity index (χ0v) is 6.63. The molecule has 1 aliphatic rings. The van der Waals surface area contributed by atoms with Gasteiger partial charge in [0.15, 0.2) is 0 Å². The highest BCUT2D eigenvalue weighted by Gasteiger charge is 2.26. The van der Waals surface area contributed by atoms with Crippen molar-refractivity contribution in [1.29, 1.82) is 0 Å². The molecule has 1 fully saturated rings. The fraction of sp³-hybridized carbons (Fsp3) is 1.00. The van der Waals surface area contributed by atoms with Gasteiger partial charge >= 0.3 is 0 Å². The van der Waals surface area contributed by atoms with Gasteiger partial charge in [0.25, 0.3) is 0 Å². The van der Waals surface area contributed by atoms with Gasteiger partial charge in [-0.15, -0.1) is 0 Å². The summed E-state index contributed by atoms with van der Waals surface area (Å²) in [6, 6.07) is 0. The SMILES string of the molecule is CNCC1C[N]CC1OC. The highest BCUT2D eigenvalue weighted by Crippen LogP contribution is 2.11. The molecule has 0 saturated carbocycles. The van der Waals surface area contributed by atoms with Crippen LogP contribution in [0.2, 0.25) is 0 Å². The van der Waals surface area contributed by atoms with Crippen LogP contribution in [0.25, 0.3) is 0 Å². The molecule has 2 unspecified atom stereocenters. The van der Waals surface area contributed by atoms with Crippen molar-refractivity contribution in [3.63, 3.8) is 0 Å². The van der Waals surface area contributed by atoms with E-state index in [1.54, 1.807) is 7.11 Å². The molecule has 0 bridgehead atoms. The molecule has 0 aromatic rings. The molecule has 0 aliphatic carbocycles. The standard InChI is InChI=1S/C7H15N2O/c1-8-3-6-4-9-5-7(6)10-2/h6-8H,3-5H2,1-2H3. The van der Waals surface area contributed by atoms with Crippen molar-refractivity contribution in [3.8, 4) is 0 Å². The van der Waals surface area contributed by atoms with E-state index < -0.39 is 0 Å². The molecule has 0 amide bonds. The van der Waals surface area contributed by atoms with E-state index in [4.69, 9.17) is 4.74 Å². The second-order valence-electron chi connectivity index (χ2n) is 2.68. The summed E-state index contributed by atoms with van der Waals surface area (Å²) < 4.78 is 5.24. The van der Waals surface area contributed by atoms with Crippen LogP contribution in [-0.4, -0.2) is 39.9 Å². The zero-order chi connectivity index (χ0) is 7.40. The van der Waals surface area contributed by atoms with Gasteiger partial charge in [0.2, 0.25) is 0 Å². The van der Waals surface area contributed by atoms with Crippen LogP contribution in [0.5, 0.6) is 0 Å². The van der Waals surface area contributed by atoms with Gasteiger partial charge < -0.3 is 10.1 Å². The van der Waals surface area contributed by atoms with Crippen LogP contribution in [0.15, 0.2) is 0 Å². The average Bonchev–Trinajstić information content (AvgIpc) is 2.36. The largest absolute Gasteiger partial charge is 0.380 e. The molecule has 3 nitrogen and oxygen atoms in total. The van der Waals surface area contributed by atoms with Crippen LogP contribution >= 0.6 is 0 Å². The van der Waals surface area contributed by atoms with Crippen molar-refractivity contribution in [2.24, 2.45) is 5.92 Å². The number of rotatable bonds is 3. The van der Waals surface area contributed by atoms with Crippen LogP contribution in [0.3, 0.4) is 0 Å². The van der Waals surface area contributed by atoms with Gasteiger partial charge in [0.1, 0.15) is 0 Å². The zero-order valence-electron chi connectivity index (χ0n) is 6.63. The van der Waals surface area contributed by atoms with Crippen molar-refractivity contribution in [1.82, 2.24) is 10.6 Å². The minimum Gasteiger partial charge on any atom is -0.380 e. The fourth-order valence-electron chi connectivity index (χ4n) is 1.36. The Balaban J connectivity index is 2.27. The predicted molar refractivity (Wildman–Crippen MR) is 40.1 cm³/mol. The van der Waals surface area contributed by atoms with Gasteiger partial charge in [-0.2, -0.15) is 0 Å². The first kappa shape index (κ1) is 7.98. The maximum atomic E-state index is 5.24. The first-order valence-electron chi connectivity index (χ1n) is 3.69. The third-order valence-electron chi connectivity index (χ3n) is 1.97. The summed E-state index contributed by atoms with van der Waals surface area (Å²) in [6.45, 7) is 2.85. The number of hydrogen-bond acceptors (Lipinski definition) is 2. The van der Waals surface area contributed by atoms with E-state index >= 15 is 0 Å². The molecule has 1 N–H and O–H groups in total. The van der Waals surface area contributed by atoms with Gasteiger partial charge in [-0.3, -0.25) is 0 Å². The monoisotopic (exact) mass is 143 g/mol. The molecule has 1 aliphatic heterocycles. The fourth-order valence-corrected chi connectivity index (χ4v) is 1.36. The molecule has 1 saturated heterocycles. The topological polar surface area (TPSA) is 35.4 Å². The normalized spacial score (nSPS) is 33.0. The quantitative estimate of drug-likeness (QED) is 0.575. The molecule has 0 spiro atoms. The molecule has 0 aromatic carbocycles. The van der Waals surface area contributed by atoms with E-state index in [2.05, 4.69) is 10.6 Å². The van der Waals surface area contributed by atoms with E-state index in [1.165, 1.54) is 0 Å². The van der Waals surface area contributed by atoms with Gasteiger partial charge in [-0.25, -0.2) is 5.32 Å². The average molecular weight is 143 g/mol. The van der Waals surface area contributed by atoms with E-state index in [-0.39, 0.29) is 0 Å². The van der Waals surface area contributed by atoms with Gasteiger partial charge in [0, 0.05) is 32.7 Å². The van der Waals surface area contributed by atoms with Gasteiger partial charge in [-0.1, -0.05) is 0 Å².